The van der Waals surface area contributed by atoms with E-state index in [0.29, 0.717) is 0 Å². The van der Waals surface area contributed by atoms with Gasteiger partial charge in [-0.2, -0.15) is 19.6 Å². The third kappa shape index (κ3) is 6.90. The average Bonchev–Trinajstić information content (AvgIpc) is 3.33. The van der Waals surface area contributed by atoms with Gasteiger partial charge in [0.05, 0.1) is 55.4 Å². The second-order valence-corrected chi connectivity index (χ2v) is 13.9. The molecule has 2 N–H and O–H groups in total. The van der Waals surface area contributed by atoms with Crippen molar-refractivity contribution in [3.63, 3.8) is 0 Å². The Morgan fingerprint density at radius 2 is 1.22 bits per heavy atom. The Bertz CT molecular complexity index is 2020. The highest BCUT2D eigenvalue weighted by Gasteiger charge is 2.19. The molecule has 2 aromatic carbocycles. The van der Waals surface area contributed by atoms with Gasteiger partial charge in [0.1, 0.15) is 12.2 Å². The van der Waals surface area contributed by atoms with Gasteiger partial charge in [-0.25, -0.2) is 26.4 Å². The van der Waals surface area contributed by atoms with Crippen molar-refractivity contribution in [2.24, 2.45) is 0 Å². The molecule has 0 bridgehead atoms. The summed E-state index contributed by atoms with van der Waals surface area (Å²) in [5.41, 5.74) is -1.09. The number of nitrogens with zero attached hydrogens (tertiary/aromatic N) is 6. The van der Waals surface area contributed by atoms with Crippen LogP contribution in [-0.2, 0) is 33.1 Å². The van der Waals surface area contributed by atoms with Crippen molar-refractivity contribution in [1.82, 2.24) is 28.7 Å². The van der Waals surface area contributed by atoms with Crippen LogP contribution in [0.3, 0.4) is 0 Å². The molecule has 0 saturated heterocycles. The average molecular weight is 686 g/mol. The fraction of sp³-hybridized carbons (Fsp3) is 0.238. The van der Waals surface area contributed by atoms with E-state index in [-0.39, 0.29) is 61.8 Å². The quantitative estimate of drug-likeness (QED) is 0.271. The number of hydrogen-bond donors (Lipinski definition) is 2. The highest BCUT2D eigenvalue weighted by atomic mass is 35.5. The van der Waals surface area contributed by atoms with Crippen molar-refractivity contribution in [1.29, 1.82) is 0 Å². The van der Waals surface area contributed by atoms with Gasteiger partial charge in [0.25, 0.3) is 0 Å². The fourth-order valence-electron chi connectivity index (χ4n) is 3.73. The molecule has 220 valence electrons. The molecule has 4 aromatic rings. The zero-order valence-electron chi connectivity index (χ0n) is 21.3. The summed E-state index contributed by atoms with van der Waals surface area (Å²) in [5.74, 6) is 0.274. The van der Waals surface area contributed by atoms with Gasteiger partial charge in [-0.3, -0.25) is 18.6 Å². The van der Waals surface area contributed by atoms with Crippen LogP contribution in [0.1, 0.15) is 5.82 Å². The summed E-state index contributed by atoms with van der Waals surface area (Å²) in [6.45, 7) is 1.54. The molecule has 0 radical (unpaired) electrons. The molecule has 20 heteroatoms. The Kier molecular flexibility index (Phi) is 8.55. The van der Waals surface area contributed by atoms with Crippen LogP contribution in [0, 0.1) is 6.92 Å². The maximum Gasteiger partial charge on any atom is 0.350 e. The van der Waals surface area contributed by atoms with Gasteiger partial charge in [-0.15, -0.1) is 0 Å². The van der Waals surface area contributed by atoms with Gasteiger partial charge in [0, 0.05) is 13.1 Å². The Labute approximate surface area is 253 Å². The molecule has 2 heterocycles. The zero-order valence-corrected chi connectivity index (χ0v) is 25.9. The molecule has 41 heavy (non-hydrogen) atoms. The smallest absolute Gasteiger partial charge is 0.282 e. The molecular weight excluding hydrogens is 666 g/mol. The van der Waals surface area contributed by atoms with E-state index < -0.39 is 31.4 Å². The van der Waals surface area contributed by atoms with Gasteiger partial charge in [-0.05, 0) is 31.2 Å². The maximum absolute atomic E-state index is 13.2. The Hall–Kier alpha value is -3.02. The van der Waals surface area contributed by atoms with Crippen LogP contribution < -0.4 is 20.8 Å². The zero-order chi connectivity index (χ0) is 30.4. The molecule has 0 aliphatic rings. The van der Waals surface area contributed by atoms with Crippen LogP contribution >= 0.6 is 46.4 Å². The van der Waals surface area contributed by atoms with Crippen molar-refractivity contribution >= 4 is 77.8 Å². The van der Waals surface area contributed by atoms with Crippen LogP contribution in [0.2, 0.25) is 20.1 Å². The lowest BCUT2D eigenvalue weighted by atomic mass is 10.3. The summed E-state index contributed by atoms with van der Waals surface area (Å²) < 4.78 is 55.6. The molecule has 0 amide bonds. The van der Waals surface area contributed by atoms with Crippen molar-refractivity contribution in [2.45, 2.75) is 20.0 Å². The highest BCUT2D eigenvalue weighted by molar-refractivity contribution is 7.92. The number of halogens is 4. The van der Waals surface area contributed by atoms with Gasteiger partial charge in [-0.1, -0.05) is 46.4 Å². The molecule has 0 atom stereocenters. The van der Waals surface area contributed by atoms with Gasteiger partial charge >= 0.3 is 11.4 Å². The number of benzene rings is 2. The Balaban J connectivity index is 1.64. The van der Waals surface area contributed by atoms with Crippen molar-refractivity contribution in [3.8, 4) is 11.4 Å². The molecule has 0 aliphatic carbocycles. The molecule has 0 spiro atoms. The summed E-state index contributed by atoms with van der Waals surface area (Å²) in [5, 5.41) is 8.39. The number of nitrogens with one attached hydrogen (secondary N) is 2. The van der Waals surface area contributed by atoms with Crippen molar-refractivity contribution < 1.29 is 16.8 Å². The standard InChI is InChI=1S/C21H20Cl4N8O6S2/c1-11-27-33(19-9-17(29-41(3,38)39)13(23)7-15(19)25)21(35)31(11)5-4-30-10-26-32(20(30)34)18-8-16(28-40(2,36)37)12(22)6-14(18)24/h6-10,28-29H,4-5H2,1-3H3. The fourth-order valence-corrected chi connectivity index (χ4v) is 5.99. The second kappa shape index (κ2) is 11.3. The van der Waals surface area contributed by atoms with Crippen LogP contribution in [-0.4, -0.2) is 58.0 Å². The number of hydrogen-bond acceptors (Lipinski definition) is 8. The number of aryl methyl sites for hydroxylation is 2. The largest absolute Gasteiger partial charge is 0.350 e. The Morgan fingerprint density at radius 1 is 0.732 bits per heavy atom. The third-order valence-electron chi connectivity index (χ3n) is 5.47. The molecule has 0 unspecified atom stereocenters. The lowest BCUT2D eigenvalue weighted by molar-refractivity contribution is 0.540. The number of anilines is 2. The first-order chi connectivity index (χ1) is 18.9. The van der Waals surface area contributed by atoms with E-state index in [0.717, 1.165) is 21.9 Å². The lowest BCUT2D eigenvalue weighted by Gasteiger charge is -2.10. The first kappa shape index (κ1) is 30.9. The van der Waals surface area contributed by atoms with Crippen LogP contribution in [0.25, 0.3) is 11.4 Å². The normalized spacial score (nSPS) is 12.1. The van der Waals surface area contributed by atoms with E-state index in [9.17, 15) is 26.4 Å². The summed E-state index contributed by atoms with van der Waals surface area (Å²) in [4.78, 5) is 26.3. The topological polar surface area (TPSA) is 172 Å². The Morgan fingerprint density at radius 3 is 1.71 bits per heavy atom. The van der Waals surface area contributed by atoms with E-state index in [2.05, 4.69) is 19.6 Å². The number of sulfonamides is 2. The minimum absolute atomic E-state index is 0.000335. The van der Waals surface area contributed by atoms with Crippen LogP contribution in [0.5, 0.6) is 0 Å². The third-order valence-corrected chi connectivity index (χ3v) is 7.88. The summed E-state index contributed by atoms with van der Waals surface area (Å²) >= 11 is 24.7. The van der Waals surface area contributed by atoms with Crippen molar-refractivity contribution in [2.75, 3.05) is 22.0 Å². The first-order valence-corrected chi connectivity index (χ1v) is 16.5. The first-order valence-electron chi connectivity index (χ1n) is 11.2. The molecular formula is C21H20Cl4N8O6S2. The van der Waals surface area contributed by atoms with E-state index in [4.69, 9.17) is 46.4 Å². The van der Waals surface area contributed by atoms with Gasteiger partial charge in [0.2, 0.25) is 20.0 Å². The second-order valence-electron chi connectivity index (χ2n) is 8.73. The molecule has 0 aliphatic heterocycles. The van der Waals surface area contributed by atoms with E-state index >= 15 is 0 Å². The van der Waals surface area contributed by atoms with E-state index in [1.54, 1.807) is 6.92 Å². The number of rotatable bonds is 9. The summed E-state index contributed by atoms with van der Waals surface area (Å²) in [6, 6.07) is 5.10. The number of aromatic nitrogens is 6. The summed E-state index contributed by atoms with van der Waals surface area (Å²) in [7, 11) is -7.35. The van der Waals surface area contributed by atoms with Crippen LogP contribution in [0.4, 0.5) is 11.4 Å². The van der Waals surface area contributed by atoms with Gasteiger partial charge in [0.15, 0.2) is 0 Å². The maximum atomic E-state index is 13.2. The van der Waals surface area contributed by atoms with Gasteiger partial charge < -0.3 is 0 Å². The molecule has 0 saturated carbocycles. The predicted octanol–water partition coefficient (Wildman–Crippen LogP) is 2.75. The van der Waals surface area contributed by atoms with Crippen LogP contribution in [0.15, 0.2) is 40.2 Å². The molecule has 0 fully saturated rings. The summed E-state index contributed by atoms with van der Waals surface area (Å²) in [6.07, 6.45) is 3.11. The SMILES string of the molecule is Cc1nn(-c2cc(NS(C)(=O)=O)c(Cl)cc2Cl)c(=O)n1CCn1cnn(-c2cc(NS(C)(=O)=O)c(Cl)cc2Cl)c1=O. The van der Waals surface area contributed by atoms with Crippen molar-refractivity contribution in [3.05, 3.63) is 77.5 Å². The monoisotopic (exact) mass is 684 g/mol. The van der Waals surface area contributed by atoms with E-state index in [1.165, 1.54) is 39.7 Å². The highest BCUT2D eigenvalue weighted by Crippen LogP contribution is 2.32. The predicted molar refractivity (Wildman–Crippen MR) is 157 cm³/mol. The minimum atomic E-state index is -3.68. The minimum Gasteiger partial charge on any atom is -0.282 e. The molecule has 2 aromatic heterocycles. The lowest BCUT2D eigenvalue weighted by Crippen LogP contribution is -2.29. The van der Waals surface area contributed by atoms with E-state index in [1.807, 2.05) is 0 Å². The molecule has 14 nitrogen and oxygen atoms in total. The molecule has 4 rings (SSSR count).